The van der Waals surface area contributed by atoms with Gasteiger partial charge < -0.3 is 0 Å². The van der Waals surface area contributed by atoms with Crippen LogP contribution in [-0.2, 0) is 4.79 Å². The first kappa shape index (κ1) is 14.8. The molecule has 0 spiro atoms. The summed E-state index contributed by atoms with van der Waals surface area (Å²) in [4.78, 5) is 17.7. The highest BCUT2D eigenvalue weighted by Crippen LogP contribution is 2.49. The molecule has 4 nitrogen and oxygen atoms in total. The number of Topliss-reactive ketones (excluding diaryl/α,β-unsaturated/α-hetero) is 1. The quantitative estimate of drug-likeness (QED) is 0.807. The molecule has 0 amide bonds. The lowest BCUT2D eigenvalue weighted by molar-refractivity contribution is -0.124. The number of rotatable bonds is 1. The maximum absolute atomic E-state index is 12.9. The zero-order valence-corrected chi connectivity index (χ0v) is 14.7. The van der Waals surface area contributed by atoms with Gasteiger partial charge in [0.1, 0.15) is 10.4 Å². The highest BCUT2D eigenvalue weighted by molar-refractivity contribution is 9.10. The van der Waals surface area contributed by atoms with E-state index in [4.69, 9.17) is 4.99 Å². The molecular weight excluding hydrogens is 354 g/mol. The van der Waals surface area contributed by atoms with Crippen molar-refractivity contribution < 1.29 is 4.79 Å². The van der Waals surface area contributed by atoms with Crippen molar-refractivity contribution >= 4 is 33.2 Å². The molecule has 1 aliphatic heterocycles. The van der Waals surface area contributed by atoms with Crippen LogP contribution in [0, 0.1) is 11.3 Å². The smallest absolute Gasteiger partial charge is 0.178 e. The second-order valence-electron chi connectivity index (χ2n) is 7.23. The van der Waals surface area contributed by atoms with Gasteiger partial charge in [-0.15, -0.1) is 0 Å². The molecular formula is C18H18BrN3O. The average molecular weight is 372 g/mol. The van der Waals surface area contributed by atoms with Gasteiger partial charge in [0.2, 0.25) is 0 Å². The molecule has 118 valence electrons. The van der Waals surface area contributed by atoms with Crippen LogP contribution in [0.3, 0.4) is 0 Å². The van der Waals surface area contributed by atoms with Gasteiger partial charge in [0.05, 0.1) is 5.92 Å². The molecule has 2 aromatic rings. The van der Waals surface area contributed by atoms with Gasteiger partial charge in [-0.25, -0.2) is 4.99 Å². The molecule has 5 heteroatoms. The van der Waals surface area contributed by atoms with E-state index in [1.807, 2.05) is 18.2 Å². The molecule has 23 heavy (non-hydrogen) atoms. The van der Waals surface area contributed by atoms with Crippen LogP contribution in [0.4, 0.5) is 5.82 Å². The van der Waals surface area contributed by atoms with E-state index in [0.29, 0.717) is 12.2 Å². The lowest BCUT2D eigenvalue weighted by Crippen LogP contribution is -2.42. The molecule has 2 atom stereocenters. The second-order valence-corrected chi connectivity index (χ2v) is 8.02. The van der Waals surface area contributed by atoms with Crippen molar-refractivity contribution in [1.29, 1.82) is 0 Å². The van der Waals surface area contributed by atoms with Crippen LogP contribution in [0.1, 0.15) is 43.7 Å². The van der Waals surface area contributed by atoms with Crippen molar-refractivity contribution in [2.45, 2.75) is 32.6 Å². The van der Waals surface area contributed by atoms with Crippen LogP contribution in [0.15, 0.2) is 39.9 Å². The average Bonchev–Trinajstić information content (AvgIpc) is 2.86. The Kier molecular flexibility index (Phi) is 3.30. The molecule has 0 saturated heterocycles. The molecule has 2 unspecified atom stereocenters. The normalized spacial score (nSPS) is 25.5. The van der Waals surface area contributed by atoms with Gasteiger partial charge in [-0.05, 0) is 33.3 Å². The maximum Gasteiger partial charge on any atom is 0.178 e. The van der Waals surface area contributed by atoms with Crippen molar-refractivity contribution in [1.82, 2.24) is 10.2 Å². The summed E-state index contributed by atoms with van der Waals surface area (Å²) in [6, 6.07) is 10.2. The third-order valence-electron chi connectivity index (χ3n) is 4.81. The van der Waals surface area contributed by atoms with E-state index in [2.05, 4.69) is 52.1 Å². The number of benzene rings is 1. The fraction of sp³-hybridized carbons (Fsp3) is 0.389. The molecule has 1 aromatic carbocycles. The number of nitrogens with zero attached hydrogens (tertiary/aromatic N) is 2. The summed E-state index contributed by atoms with van der Waals surface area (Å²) in [7, 11) is 0. The highest BCUT2D eigenvalue weighted by atomic mass is 79.9. The molecule has 2 heterocycles. The van der Waals surface area contributed by atoms with Crippen LogP contribution < -0.4 is 0 Å². The summed E-state index contributed by atoms with van der Waals surface area (Å²) in [6.07, 6.45) is 1.45. The topological polar surface area (TPSA) is 58.1 Å². The van der Waals surface area contributed by atoms with Crippen molar-refractivity contribution in [2.75, 3.05) is 0 Å². The number of aromatic amines is 1. The van der Waals surface area contributed by atoms with Crippen molar-refractivity contribution in [3.8, 4) is 0 Å². The third kappa shape index (κ3) is 2.38. The Balaban J connectivity index is 1.92. The van der Waals surface area contributed by atoms with Gasteiger partial charge in [-0.1, -0.05) is 44.2 Å². The Labute approximate surface area is 143 Å². The summed E-state index contributed by atoms with van der Waals surface area (Å²) >= 11 is 3.55. The summed E-state index contributed by atoms with van der Waals surface area (Å²) in [5, 5.41) is 7.30. The van der Waals surface area contributed by atoms with Gasteiger partial charge in [0, 0.05) is 23.6 Å². The highest BCUT2D eigenvalue weighted by Gasteiger charge is 2.46. The Hall–Kier alpha value is -1.75. The largest absolute Gasteiger partial charge is 0.299 e. The number of nitrogens with one attached hydrogen (secondary N) is 1. The minimum absolute atomic E-state index is 0.0181. The summed E-state index contributed by atoms with van der Waals surface area (Å²) < 4.78 is 0.821. The molecule has 4 rings (SSSR count). The second kappa shape index (κ2) is 5.13. The number of carbonyl (C=O) groups excluding carboxylic acids is 1. The lowest BCUT2D eigenvalue weighted by atomic mass is 9.64. The van der Waals surface area contributed by atoms with Crippen LogP contribution in [-0.4, -0.2) is 21.7 Å². The van der Waals surface area contributed by atoms with E-state index in [-0.39, 0.29) is 23.0 Å². The zero-order chi connectivity index (χ0) is 16.2. The Morgan fingerprint density at radius 3 is 2.65 bits per heavy atom. The van der Waals surface area contributed by atoms with Gasteiger partial charge in [0.15, 0.2) is 5.82 Å². The first-order valence-electron chi connectivity index (χ1n) is 7.85. The molecule has 1 N–H and O–H groups in total. The van der Waals surface area contributed by atoms with Gasteiger partial charge >= 0.3 is 0 Å². The van der Waals surface area contributed by atoms with E-state index in [1.165, 1.54) is 0 Å². The molecule has 2 aliphatic rings. The number of H-pyrrole nitrogens is 1. The molecule has 1 fully saturated rings. The number of hydrogen-bond donors (Lipinski definition) is 1. The molecule has 1 aromatic heterocycles. The van der Waals surface area contributed by atoms with Crippen molar-refractivity contribution in [3.63, 3.8) is 0 Å². The van der Waals surface area contributed by atoms with E-state index in [9.17, 15) is 4.79 Å². The van der Waals surface area contributed by atoms with E-state index < -0.39 is 0 Å². The SMILES string of the molecule is CC1(C)CC(=O)C2C(=Nc3n[nH]c(Br)c3C2c2ccccc2)C1. The number of carbonyl (C=O) groups is 1. The van der Waals surface area contributed by atoms with Gasteiger partial charge in [-0.3, -0.25) is 9.89 Å². The molecule has 0 bridgehead atoms. The standard InChI is InChI=1S/C18H18BrN3O/c1-18(2)8-11-14(12(23)9-18)13(10-6-4-3-5-7-10)15-16(19)21-22-17(15)20-11/h3-7,13-14H,8-9H2,1-2H3,(H,21,22). The Morgan fingerprint density at radius 1 is 1.17 bits per heavy atom. The first-order chi connectivity index (χ1) is 11.0. The van der Waals surface area contributed by atoms with E-state index in [0.717, 1.165) is 27.9 Å². The monoisotopic (exact) mass is 371 g/mol. The Bertz CT molecular complexity index is 807. The van der Waals surface area contributed by atoms with E-state index in [1.54, 1.807) is 0 Å². The van der Waals surface area contributed by atoms with Gasteiger partial charge in [-0.2, -0.15) is 5.10 Å². The molecule has 1 aliphatic carbocycles. The predicted octanol–water partition coefficient (Wildman–Crippen LogP) is 4.40. The summed E-state index contributed by atoms with van der Waals surface area (Å²) in [6.45, 7) is 4.27. The minimum Gasteiger partial charge on any atom is -0.299 e. The lowest BCUT2D eigenvalue weighted by Gasteiger charge is -2.40. The number of ketones is 1. The third-order valence-corrected chi connectivity index (χ3v) is 5.41. The fourth-order valence-corrected chi connectivity index (χ4v) is 4.43. The summed E-state index contributed by atoms with van der Waals surface area (Å²) in [5.41, 5.74) is 3.09. The summed E-state index contributed by atoms with van der Waals surface area (Å²) in [5.74, 6) is 0.803. The van der Waals surface area contributed by atoms with Crippen molar-refractivity contribution in [2.24, 2.45) is 16.3 Å². The van der Waals surface area contributed by atoms with Crippen LogP contribution in [0.25, 0.3) is 0 Å². The number of fused-ring (bicyclic) bond motifs is 2. The minimum atomic E-state index is -0.174. The zero-order valence-electron chi connectivity index (χ0n) is 13.1. The molecule has 0 radical (unpaired) electrons. The predicted molar refractivity (Wildman–Crippen MR) is 93.2 cm³/mol. The maximum atomic E-state index is 12.9. The van der Waals surface area contributed by atoms with Crippen molar-refractivity contribution in [3.05, 3.63) is 46.1 Å². The van der Waals surface area contributed by atoms with Crippen LogP contribution in [0.5, 0.6) is 0 Å². The van der Waals surface area contributed by atoms with Crippen LogP contribution in [0.2, 0.25) is 0 Å². The van der Waals surface area contributed by atoms with Gasteiger partial charge in [0.25, 0.3) is 0 Å². The number of aromatic nitrogens is 2. The Morgan fingerprint density at radius 2 is 1.91 bits per heavy atom. The van der Waals surface area contributed by atoms with Crippen LogP contribution >= 0.6 is 15.9 Å². The fourth-order valence-electron chi connectivity index (χ4n) is 3.92. The first-order valence-corrected chi connectivity index (χ1v) is 8.64. The molecule has 1 saturated carbocycles. The van der Waals surface area contributed by atoms with E-state index >= 15 is 0 Å². The number of aliphatic imine (C=N–C) groups is 1. The number of halogens is 1. The number of hydrogen-bond acceptors (Lipinski definition) is 3.